The van der Waals surface area contributed by atoms with Gasteiger partial charge < -0.3 is 14.8 Å². The van der Waals surface area contributed by atoms with Crippen LogP contribution in [0.25, 0.3) is 0 Å². The fraction of sp³-hybridized carbons (Fsp3) is 0.611. The number of carbonyl (C=O) groups excluding carboxylic acids is 1. The molecule has 2 fully saturated rings. The lowest BCUT2D eigenvalue weighted by atomic mass is 10.1. The number of amides is 1. The number of benzene rings is 1. The Hall–Kier alpha value is -1.46. The van der Waals surface area contributed by atoms with Gasteiger partial charge in [-0.05, 0) is 43.2 Å². The van der Waals surface area contributed by atoms with Gasteiger partial charge in [0.25, 0.3) is 0 Å². The van der Waals surface area contributed by atoms with E-state index in [1.54, 1.807) is 12.1 Å². The van der Waals surface area contributed by atoms with Gasteiger partial charge in [0.15, 0.2) is 0 Å². The van der Waals surface area contributed by atoms with Crippen molar-refractivity contribution in [2.24, 2.45) is 5.92 Å². The van der Waals surface area contributed by atoms with E-state index in [4.69, 9.17) is 9.47 Å². The van der Waals surface area contributed by atoms with Gasteiger partial charge in [0.1, 0.15) is 5.82 Å². The van der Waals surface area contributed by atoms with Crippen LogP contribution in [0.15, 0.2) is 24.3 Å². The van der Waals surface area contributed by atoms with Gasteiger partial charge in [0, 0.05) is 25.7 Å². The second-order valence-corrected chi connectivity index (χ2v) is 6.32. The second-order valence-electron chi connectivity index (χ2n) is 6.32. The van der Waals surface area contributed by atoms with Gasteiger partial charge in [0.2, 0.25) is 5.91 Å². The normalized spacial score (nSPS) is 26.2. The maximum absolute atomic E-state index is 13.7. The molecule has 1 aromatic carbocycles. The van der Waals surface area contributed by atoms with Crippen molar-refractivity contribution in [1.29, 1.82) is 0 Å². The highest BCUT2D eigenvalue weighted by Gasteiger charge is 2.44. The molecule has 1 aliphatic heterocycles. The Morgan fingerprint density at radius 2 is 2.26 bits per heavy atom. The molecule has 1 heterocycles. The summed E-state index contributed by atoms with van der Waals surface area (Å²) in [6.07, 6.45) is 3.97. The molecule has 5 heteroatoms. The molecule has 1 aliphatic carbocycles. The lowest BCUT2D eigenvalue weighted by Gasteiger charge is -2.10. The fourth-order valence-corrected chi connectivity index (χ4v) is 3.11. The van der Waals surface area contributed by atoms with Gasteiger partial charge in [0.05, 0.1) is 12.7 Å². The van der Waals surface area contributed by atoms with Crippen molar-refractivity contribution in [1.82, 2.24) is 5.32 Å². The summed E-state index contributed by atoms with van der Waals surface area (Å²) in [5.41, 5.74) is 0.660. The van der Waals surface area contributed by atoms with Crippen molar-refractivity contribution in [3.05, 3.63) is 35.6 Å². The van der Waals surface area contributed by atoms with Crippen LogP contribution in [0, 0.1) is 11.7 Å². The van der Waals surface area contributed by atoms with Gasteiger partial charge in [-0.15, -0.1) is 0 Å². The Balaban J connectivity index is 1.28. The van der Waals surface area contributed by atoms with E-state index < -0.39 is 0 Å². The predicted octanol–water partition coefficient (Wildman–Crippen LogP) is 2.63. The standard InChI is InChI=1S/C18H24FNO3/c19-17-7-2-1-6-14(17)15-11-16(15)18(21)20-8-4-9-22-12-13-5-3-10-23-13/h1-2,6-7,13,15-16H,3-5,8-12H2,(H,20,21). The summed E-state index contributed by atoms with van der Waals surface area (Å²) in [5.74, 6) is -0.237. The zero-order valence-electron chi connectivity index (χ0n) is 13.3. The maximum Gasteiger partial charge on any atom is 0.223 e. The van der Waals surface area contributed by atoms with Crippen LogP contribution in [0.1, 0.15) is 37.2 Å². The highest BCUT2D eigenvalue weighted by molar-refractivity contribution is 5.82. The monoisotopic (exact) mass is 321 g/mol. The van der Waals surface area contributed by atoms with Crippen molar-refractivity contribution in [2.75, 3.05) is 26.4 Å². The summed E-state index contributed by atoms with van der Waals surface area (Å²) in [7, 11) is 0. The van der Waals surface area contributed by atoms with Crippen molar-refractivity contribution in [2.45, 2.75) is 37.7 Å². The van der Waals surface area contributed by atoms with Crippen LogP contribution in [0.3, 0.4) is 0 Å². The SMILES string of the molecule is O=C(NCCCOCC1CCCO1)C1CC1c1ccccc1F. The van der Waals surface area contributed by atoms with E-state index in [0.717, 1.165) is 32.3 Å². The van der Waals surface area contributed by atoms with Crippen molar-refractivity contribution in [3.63, 3.8) is 0 Å². The molecule has 1 saturated heterocycles. The molecule has 1 amide bonds. The summed E-state index contributed by atoms with van der Waals surface area (Å²) in [5, 5.41) is 2.92. The fourth-order valence-electron chi connectivity index (χ4n) is 3.11. The summed E-state index contributed by atoms with van der Waals surface area (Å²) in [6.45, 7) is 2.72. The minimum absolute atomic E-state index is 0.0254. The molecule has 3 rings (SSSR count). The van der Waals surface area contributed by atoms with Gasteiger partial charge in [-0.3, -0.25) is 4.79 Å². The highest BCUT2D eigenvalue weighted by Crippen LogP contribution is 2.48. The zero-order valence-corrected chi connectivity index (χ0v) is 13.3. The van der Waals surface area contributed by atoms with Crippen molar-refractivity contribution in [3.8, 4) is 0 Å². The third kappa shape index (κ3) is 4.52. The molecule has 0 spiro atoms. The molecular weight excluding hydrogens is 297 g/mol. The molecular formula is C18H24FNO3. The Morgan fingerprint density at radius 3 is 3.04 bits per heavy atom. The first-order valence-electron chi connectivity index (χ1n) is 8.47. The molecule has 126 valence electrons. The van der Waals surface area contributed by atoms with E-state index in [1.807, 2.05) is 6.07 Å². The number of ether oxygens (including phenoxy) is 2. The van der Waals surface area contributed by atoms with Crippen LogP contribution in [-0.4, -0.2) is 38.4 Å². The minimum atomic E-state index is -0.213. The summed E-state index contributed by atoms with van der Waals surface area (Å²) < 4.78 is 24.7. The first-order chi connectivity index (χ1) is 11.3. The molecule has 0 bridgehead atoms. The maximum atomic E-state index is 13.7. The smallest absolute Gasteiger partial charge is 0.223 e. The lowest BCUT2D eigenvalue weighted by Crippen LogP contribution is -2.27. The minimum Gasteiger partial charge on any atom is -0.379 e. The average Bonchev–Trinajstić information content (AvgIpc) is 3.18. The molecule has 0 aromatic heterocycles. The van der Waals surface area contributed by atoms with Crippen LogP contribution in [0.4, 0.5) is 4.39 Å². The Labute approximate surface area is 136 Å². The molecule has 1 N–H and O–H groups in total. The second kappa shape index (κ2) is 7.88. The van der Waals surface area contributed by atoms with Crippen LogP contribution in [-0.2, 0) is 14.3 Å². The topological polar surface area (TPSA) is 47.6 Å². The molecule has 3 unspecified atom stereocenters. The Bertz CT molecular complexity index is 531. The first kappa shape index (κ1) is 16.4. The Morgan fingerprint density at radius 1 is 1.39 bits per heavy atom. The quantitative estimate of drug-likeness (QED) is 0.749. The third-order valence-electron chi connectivity index (χ3n) is 4.52. The molecule has 1 aromatic rings. The Kier molecular flexibility index (Phi) is 5.62. The summed E-state index contributed by atoms with van der Waals surface area (Å²) >= 11 is 0. The van der Waals surface area contributed by atoms with Gasteiger partial charge in [-0.1, -0.05) is 18.2 Å². The van der Waals surface area contributed by atoms with E-state index in [1.165, 1.54) is 6.07 Å². The highest BCUT2D eigenvalue weighted by atomic mass is 19.1. The number of hydrogen-bond acceptors (Lipinski definition) is 3. The van der Waals surface area contributed by atoms with Crippen molar-refractivity contribution < 1.29 is 18.7 Å². The van der Waals surface area contributed by atoms with Gasteiger partial charge in [-0.25, -0.2) is 4.39 Å². The summed E-state index contributed by atoms with van der Waals surface area (Å²) in [6, 6.07) is 6.71. The van der Waals surface area contributed by atoms with E-state index in [9.17, 15) is 9.18 Å². The summed E-state index contributed by atoms with van der Waals surface area (Å²) in [4.78, 5) is 12.0. The van der Waals surface area contributed by atoms with Crippen LogP contribution >= 0.6 is 0 Å². The first-order valence-corrected chi connectivity index (χ1v) is 8.47. The van der Waals surface area contributed by atoms with Crippen molar-refractivity contribution >= 4 is 5.91 Å². The number of carbonyl (C=O) groups is 1. The molecule has 1 saturated carbocycles. The molecule has 23 heavy (non-hydrogen) atoms. The number of halogens is 1. The van der Waals surface area contributed by atoms with Crippen LogP contribution in [0.2, 0.25) is 0 Å². The predicted molar refractivity (Wildman–Crippen MR) is 84.7 cm³/mol. The van der Waals surface area contributed by atoms with E-state index in [0.29, 0.717) is 25.3 Å². The third-order valence-corrected chi connectivity index (χ3v) is 4.52. The molecule has 0 radical (unpaired) electrons. The number of rotatable bonds is 8. The zero-order chi connectivity index (χ0) is 16.1. The average molecular weight is 321 g/mol. The largest absolute Gasteiger partial charge is 0.379 e. The van der Waals surface area contributed by atoms with Crippen LogP contribution in [0.5, 0.6) is 0 Å². The van der Waals surface area contributed by atoms with Crippen LogP contribution < -0.4 is 5.32 Å². The van der Waals surface area contributed by atoms with E-state index in [-0.39, 0.29) is 29.7 Å². The van der Waals surface area contributed by atoms with Gasteiger partial charge >= 0.3 is 0 Å². The number of nitrogens with one attached hydrogen (secondary N) is 1. The molecule has 3 atom stereocenters. The van der Waals surface area contributed by atoms with E-state index in [2.05, 4.69) is 5.32 Å². The molecule has 4 nitrogen and oxygen atoms in total. The molecule has 2 aliphatic rings. The lowest BCUT2D eigenvalue weighted by molar-refractivity contribution is -0.122. The number of hydrogen-bond donors (Lipinski definition) is 1. The van der Waals surface area contributed by atoms with E-state index >= 15 is 0 Å². The van der Waals surface area contributed by atoms with Gasteiger partial charge in [-0.2, -0.15) is 0 Å².